The minimum atomic E-state index is 0.533. The first kappa shape index (κ1) is 13.5. The SMILES string of the molecule is COCCN(CCC#N)CCn1ccc(N)n1. The molecule has 1 heterocycles. The summed E-state index contributed by atoms with van der Waals surface area (Å²) in [5.74, 6) is 0.533. The fourth-order valence-corrected chi connectivity index (χ4v) is 1.51. The zero-order valence-electron chi connectivity index (χ0n) is 10.2. The van der Waals surface area contributed by atoms with Crippen molar-refractivity contribution in [3.05, 3.63) is 12.3 Å². The average Bonchev–Trinajstić information content (AvgIpc) is 2.74. The molecule has 0 fully saturated rings. The van der Waals surface area contributed by atoms with Gasteiger partial charge >= 0.3 is 0 Å². The molecule has 0 aliphatic carbocycles. The monoisotopic (exact) mass is 237 g/mol. The Morgan fingerprint density at radius 1 is 1.53 bits per heavy atom. The van der Waals surface area contributed by atoms with Crippen LogP contribution in [0.25, 0.3) is 0 Å². The normalized spacial score (nSPS) is 10.6. The summed E-state index contributed by atoms with van der Waals surface area (Å²) in [5, 5.41) is 12.7. The molecule has 1 rings (SSSR count). The van der Waals surface area contributed by atoms with Gasteiger partial charge in [-0.05, 0) is 6.07 Å². The third-order valence-electron chi connectivity index (χ3n) is 2.46. The number of nitriles is 1. The molecule has 0 aliphatic rings. The van der Waals surface area contributed by atoms with Gasteiger partial charge in [-0.25, -0.2) is 0 Å². The smallest absolute Gasteiger partial charge is 0.145 e. The first-order chi connectivity index (χ1) is 8.26. The molecule has 0 aliphatic heterocycles. The van der Waals surface area contributed by atoms with Crippen LogP contribution in [0.15, 0.2) is 12.3 Å². The van der Waals surface area contributed by atoms with Crippen molar-refractivity contribution in [2.24, 2.45) is 0 Å². The van der Waals surface area contributed by atoms with Crippen molar-refractivity contribution in [1.82, 2.24) is 14.7 Å². The number of methoxy groups -OCH3 is 1. The van der Waals surface area contributed by atoms with Crippen molar-refractivity contribution in [3.63, 3.8) is 0 Å². The van der Waals surface area contributed by atoms with Crippen LogP contribution in [0.5, 0.6) is 0 Å². The molecule has 6 heteroatoms. The number of nitrogens with zero attached hydrogens (tertiary/aromatic N) is 4. The third kappa shape index (κ3) is 5.33. The molecule has 6 nitrogen and oxygen atoms in total. The molecule has 0 aromatic carbocycles. The Labute approximate surface area is 102 Å². The predicted octanol–water partition coefficient (Wildman–Crippen LogP) is 0.327. The molecule has 0 bridgehead atoms. The Hall–Kier alpha value is -1.58. The second-order valence-corrected chi connectivity index (χ2v) is 3.75. The van der Waals surface area contributed by atoms with Gasteiger partial charge in [-0.2, -0.15) is 10.4 Å². The molecule has 0 atom stereocenters. The highest BCUT2D eigenvalue weighted by Gasteiger charge is 2.05. The molecule has 2 N–H and O–H groups in total. The summed E-state index contributed by atoms with van der Waals surface area (Å²) >= 11 is 0. The van der Waals surface area contributed by atoms with Gasteiger partial charge in [0.2, 0.25) is 0 Å². The molecule has 0 unspecified atom stereocenters. The number of rotatable bonds is 8. The Bertz CT molecular complexity index is 357. The summed E-state index contributed by atoms with van der Waals surface area (Å²) in [6.07, 6.45) is 2.39. The molecule has 17 heavy (non-hydrogen) atoms. The Morgan fingerprint density at radius 2 is 2.35 bits per heavy atom. The minimum absolute atomic E-state index is 0.533. The highest BCUT2D eigenvalue weighted by Crippen LogP contribution is 1.98. The van der Waals surface area contributed by atoms with Crippen LogP contribution in [0.4, 0.5) is 5.82 Å². The Morgan fingerprint density at radius 3 is 2.94 bits per heavy atom. The number of nitrogen functional groups attached to an aromatic ring is 1. The largest absolute Gasteiger partial charge is 0.383 e. The summed E-state index contributed by atoms with van der Waals surface area (Å²) in [6.45, 7) is 3.87. The van der Waals surface area contributed by atoms with Crippen LogP contribution >= 0.6 is 0 Å². The van der Waals surface area contributed by atoms with Gasteiger partial charge in [-0.3, -0.25) is 9.58 Å². The van der Waals surface area contributed by atoms with Crippen LogP contribution in [0.3, 0.4) is 0 Å². The molecule has 0 spiro atoms. The van der Waals surface area contributed by atoms with Crippen molar-refractivity contribution in [3.8, 4) is 6.07 Å². The maximum atomic E-state index is 8.59. The lowest BCUT2D eigenvalue weighted by Gasteiger charge is -2.20. The van der Waals surface area contributed by atoms with Gasteiger partial charge in [0.05, 0.1) is 19.2 Å². The number of hydrogen-bond donors (Lipinski definition) is 1. The van der Waals surface area contributed by atoms with Crippen LogP contribution in [0.2, 0.25) is 0 Å². The lowest BCUT2D eigenvalue weighted by molar-refractivity contribution is 0.146. The summed E-state index contributed by atoms with van der Waals surface area (Å²) in [4.78, 5) is 2.19. The van der Waals surface area contributed by atoms with Crippen molar-refractivity contribution < 1.29 is 4.74 Å². The van der Waals surface area contributed by atoms with Crippen LogP contribution < -0.4 is 5.73 Å². The summed E-state index contributed by atoms with van der Waals surface area (Å²) in [7, 11) is 1.68. The van der Waals surface area contributed by atoms with Crippen LogP contribution in [-0.4, -0.2) is 48.0 Å². The number of anilines is 1. The van der Waals surface area contributed by atoms with Crippen molar-refractivity contribution in [2.45, 2.75) is 13.0 Å². The van der Waals surface area contributed by atoms with E-state index in [4.69, 9.17) is 15.7 Å². The molecule has 0 amide bonds. The van der Waals surface area contributed by atoms with E-state index in [0.29, 0.717) is 18.8 Å². The van der Waals surface area contributed by atoms with E-state index in [1.807, 2.05) is 10.9 Å². The zero-order valence-corrected chi connectivity index (χ0v) is 10.2. The van der Waals surface area contributed by atoms with Crippen LogP contribution in [0, 0.1) is 11.3 Å². The average molecular weight is 237 g/mol. The summed E-state index contributed by atoms with van der Waals surface area (Å²) in [5.41, 5.74) is 5.54. The van der Waals surface area contributed by atoms with E-state index in [1.165, 1.54) is 0 Å². The summed E-state index contributed by atoms with van der Waals surface area (Å²) in [6, 6.07) is 3.92. The van der Waals surface area contributed by atoms with Crippen LogP contribution in [-0.2, 0) is 11.3 Å². The van der Waals surface area contributed by atoms with Crippen molar-refractivity contribution in [1.29, 1.82) is 5.26 Å². The third-order valence-corrected chi connectivity index (χ3v) is 2.46. The second-order valence-electron chi connectivity index (χ2n) is 3.75. The predicted molar refractivity (Wildman–Crippen MR) is 65.2 cm³/mol. The highest BCUT2D eigenvalue weighted by molar-refractivity contribution is 5.23. The lowest BCUT2D eigenvalue weighted by atomic mass is 10.4. The highest BCUT2D eigenvalue weighted by atomic mass is 16.5. The van der Waals surface area contributed by atoms with E-state index >= 15 is 0 Å². The number of hydrogen-bond acceptors (Lipinski definition) is 5. The topological polar surface area (TPSA) is 80.1 Å². The lowest BCUT2D eigenvalue weighted by Crippen LogP contribution is -2.31. The number of ether oxygens (including phenoxy) is 1. The Kier molecular flexibility index (Phi) is 6.07. The van der Waals surface area contributed by atoms with Gasteiger partial charge in [0.15, 0.2) is 0 Å². The maximum absolute atomic E-state index is 8.59. The number of nitrogens with two attached hydrogens (primary N) is 1. The van der Waals surface area contributed by atoms with Gasteiger partial charge in [0.1, 0.15) is 5.82 Å². The van der Waals surface area contributed by atoms with E-state index < -0.39 is 0 Å². The Balaban J connectivity index is 2.34. The van der Waals surface area contributed by atoms with Crippen molar-refractivity contribution >= 4 is 5.82 Å². The molecular weight excluding hydrogens is 218 g/mol. The van der Waals surface area contributed by atoms with E-state index in [1.54, 1.807) is 13.2 Å². The molecule has 0 saturated heterocycles. The van der Waals surface area contributed by atoms with E-state index in [0.717, 1.165) is 26.2 Å². The second kappa shape index (κ2) is 7.65. The fourth-order valence-electron chi connectivity index (χ4n) is 1.51. The molecule has 0 radical (unpaired) electrons. The van der Waals surface area contributed by atoms with Gasteiger partial charge in [0.25, 0.3) is 0 Å². The molecule has 94 valence electrons. The summed E-state index contributed by atoms with van der Waals surface area (Å²) < 4.78 is 6.85. The first-order valence-electron chi connectivity index (χ1n) is 5.63. The van der Waals surface area contributed by atoms with Crippen molar-refractivity contribution in [2.75, 3.05) is 39.1 Å². The quantitative estimate of drug-likeness (QED) is 0.704. The fraction of sp³-hybridized carbons (Fsp3) is 0.636. The minimum Gasteiger partial charge on any atom is -0.383 e. The maximum Gasteiger partial charge on any atom is 0.145 e. The van der Waals surface area contributed by atoms with Gasteiger partial charge in [0, 0.05) is 39.4 Å². The van der Waals surface area contributed by atoms with E-state index in [2.05, 4.69) is 16.1 Å². The van der Waals surface area contributed by atoms with E-state index in [9.17, 15) is 0 Å². The van der Waals surface area contributed by atoms with Gasteiger partial charge < -0.3 is 10.5 Å². The van der Waals surface area contributed by atoms with Gasteiger partial charge in [-0.1, -0.05) is 0 Å². The first-order valence-corrected chi connectivity index (χ1v) is 5.63. The molecule has 1 aromatic heterocycles. The zero-order chi connectivity index (χ0) is 12.5. The van der Waals surface area contributed by atoms with Gasteiger partial charge in [-0.15, -0.1) is 0 Å². The number of aromatic nitrogens is 2. The van der Waals surface area contributed by atoms with E-state index in [-0.39, 0.29) is 0 Å². The molecule has 1 aromatic rings. The standard InChI is InChI=1S/C11H19N5O/c1-17-10-9-15(5-2-4-12)7-8-16-6-3-11(13)14-16/h3,6H,2,5,7-10H2,1H3,(H2,13,14). The van der Waals surface area contributed by atoms with Crippen LogP contribution in [0.1, 0.15) is 6.42 Å². The molecular formula is C11H19N5O. The molecule has 0 saturated carbocycles.